The van der Waals surface area contributed by atoms with Crippen LogP contribution in [0.1, 0.15) is 18.4 Å². The van der Waals surface area contributed by atoms with Crippen LogP contribution in [0.15, 0.2) is 12.4 Å². The number of piperidine rings is 1. The molecule has 0 N–H and O–H groups in total. The molecule has 2 rings (SSSR count). The van der Waals surface area contributed by atoms with Crippen molar-refractivity contribution >= 4 is 5.97 Å². The molecule has 17 heavy (non-hydrogen) atoms. The van der Waals surface area contributed by atoms with Crippen LogP contribution in [-0.4, -0.2) is 40.8 Å². The Labute approximate surface area is 101 Å². The van der Waals surface area contributed by atoms with Gasteiger partial charge in [0.1, 0.15) is 0 Å². The Morgan fingerprint density at radius 3 is 3.12 bits per heavy atom. The zero-order chi connectivity index (χ0) is 12.3. The second kappa shape index (κ2) is 5.31. The van der Waals surface area contributed by atoms with Gasteiger partial charge in [-0.3, -0.25) is 14.4 Å². The van der Waals surface area contributed by atoms with Gasteiger partial charge in [0.15, 0.2) is 0 Å². The molecule has 0 unspecified atom stereocenters. The third-order valence-corrected chi connectivity index (χ3v) is 3.20. The molecule has 1 saturated heterocycles. The number of aromatic nitrogens is 2. The highest BCUT2D eigenvalue weighted by molar-refractivity contribution is 5.72. The number of aryl methyl sites for hydroxylation is 1. The second-order valence-corrected chi connectivity index (χ2v) is 4.62. The first-order valence-electron chi connectivity index (χ1n) is 5.96. The second-order valence-electron chi connectivity index (χ2n) is 4.62. The van der Waals surface area contributed by atoms with Crippen LogP contribution < -0.4 is 0 Å². The molecule has 1 aliphatic rings. The van der Waals surface area contributed by atoms with Crippen LogP contribution >= 0.6 is 0 Å². The molecule has 1 atom stereocenters. The number of likely N-dealkylation sites (tertiary alicyclic amines) is 1. The van der Waals surface area contributed by atoms with E-state index in [1.807, 2.05) is 19.4 Å². The third kappa shape index (κ3) is 3.06. The number of ether oxygens (including phenoxy) is 1. The van der Waals surface area contributed by atoms with Crippen LogP contribution in [0, 0.1) is 5.92 Å². The van der Waals surface area contributed by atoms with Gasteiger partial charge in [0.25, 0.3) is 0 Å². The SMILES string of the molecule is COC(=O)[C@H]1CCCN(Cc2cnn(C)c2)C1. The molecule has 0 saturated carbocycles. The van der Waals surface area contributed by atoms with Gasteiger partial charge in [0.05, 0.1) is 19.2 Å². The Morgan fingerprint density at radius 2 is 2.47 bits per heavy atom. The fraction of sp³-hybridized carbons (Fsp3) is 0.667. The fourth-order valence-corrected chi connectivity index (χ4v) is 2.37. The van der Waals surface area contributed by atoms with Gasteiger partial charge in [-0.2, -0.15) is 5.10 Å². The van der Waals surface area contributed by atoms with E-state index >= 15 is 0 Å². The summed E-state index contributed by atoms with van der Waals surface area (Å²) in [7, 11) is 3.37. The van der Waals surface area contributed by atoms with Gasteiger partial charge in [0, 0.05) is 31.9 Å². The van der Waals surface area contributed by atoms with Gasteiger partial charge in [-0.1, -0.05) is 0 Å². The number of carbonyl (C=O) groups is 1. The molecular formula is C12H19N3O2. The number of methoxy groups -OCH3 is 1. The topological polar surface area (TPSA) is 47.4 Å². The quantitative estimate of drug-likeness (QED) is 0.730. The molecule has 94 valence electrons. The normalized spacial score (nSPS) is 21.4. The van der Waals surface area contributed by atoms with Gasteiger partial charge in [0.2, 0.25) is 0 Å². The highest BCUT2D eigenvalue weighted by Gasteiger charge is 2.26. The molecule has 0 bridgehead atoms. The van der Waals surface area contributed by atoms with Crippen molar-refractivity contribution < 1.29 is 9.53 Å². The van der Waals surface area contributed by atoms with Crippen molar-refractivity contribution in [3.8, 4) is 0 Å². The van der Waals surface area contributed by atoms with Crippen LogP contribution in [0.3, 0.4) is 0 Å². The summed E-state index contributed by atoms with van der Waals surface area (Å²) in [6, 6.07) is 0. The van der Waals surface area contributed by atoms with Gasteiger partial charge >= 0.3 is 5.97 Å². The molecule has 0 spiro atoms. The molecule has 1 aromatic rings. The minimum Gasteiger partial charge on any atom is -0.469 e. The van der Waals surface area contributed by atoms with Crippen LogP contribution in [0.25, 0.3) is 0 Å². The molecule has 5 nitrogen and oxygen atoms in total. The summed E-state index contributed by atoms with van der Waals surface area (Å²) < 4.78 is 6.61. The number of hydrogen-bond acceptors (Lipinski definition) is 4. The molecule has 0 aromatic carbocycles. The van der Waals surface area contributed by atoms with Crippen molar-refractivity contribution in [1.29, 1.82) is 0 Å². The van der Waals surface area contributed by atoms with Gasteiger partial charge in [-0.05, 0) is 19.4 Å². The van der Waals surface area contributed by atoms with E-state index in [0.717, 1.165) is 32.5 Å². The number of rotatable bonds is 3. The fourth-order valence-electron chi connectivity index (χ4n) is 2.37. The molecule has 2 heterocycles. The highest BCUT2D eigenvalue weighted by atomic mass is 16.5. The largest absolute Gasteiger partial charge is 0.469 e. The first kappa shape index (κ1) is 12.1. The molecule has 0 amide bonds. The molecule has 1 aliphatic heterocycles. The molecule has 1 aromatic heterocycles. The molecule has 1 fully saturated rings. The molecule has 5 heteroatoms. The molecule has 0 radical (unpaired) electrons. The Hall–Kier alpha value is -1.36. The summed E-state index contributed by atoms with van der Waals surface area (Å²) in [5.74, 6) is -0.0497. The summed E-state index contributed by atoms with van der Waals surface area (Å²) in [5.41, 5.74) is 1.19. The van der Waals surface area contributed by atoms with Crippen molar-refractivity contribution in [3.63, 3.8) is 0 Å². The minimum absolute atomic E-state index is 0.0328. The van der Waals surface area contributed by atoms with Crippen LogP contribution in [-0.2, 0) is 23.1 Å². The van der Waals surface area contributed by atoms with Crippen molar-refractivity contribution in [2.24, 2.45) is 13.0 Å². The maximum absolute atomic E-state index is 11.5. The predicted molar refractivity (Wildman–Crippen MR) is 63.2 cm³/mol. The zero-order valence-corrected chi connectivity index (χ0v) is 10.4. The van der Waals surface area contributed by atoms with E-state index < -0.39 is 0 Å². The highest BCUT2D eigenvalue weighted by Crippen LogP contribution is 2.19. The Balaban J connectivity index is 1.91. The average molecular weight is 237 g/mol. The number of nitrogens with zero attached hydrogens (tertiary/aromatic N) is 3. The lowest BCUT2D eigenvalue weighted by Gasteiger charge is -2.30. The zero-order valence-electron chi connectivity index (χ0n) is 10.4. The van der Waals surface area contributed by atoms with E-state index in [0.29, 0.717) is 0 Å². The van der Waals surface area contributed by atoms with E-state index in [-0.39, 0.29) is 11.9 Å². The maximum Gasteiger partial charge on any atom is 0.309 e. The lowest BCUT2D eigenvalue weighted by atomic mass is 9.98. The van der Waals surface area contributed by atoms with Gasteiger partial charge in [-0.15, -0.1) is 0 Å². The summed E-state index contributed by atoms with van der Waals surface area (Å²) >= 11 is 0. The standard InChI is InChI=1S/C12H19N3O2/c1-14-7-10(6-13-14)8-15-5-3-4-11(9-15)12(16)17-2/h6-7,11H,3-5,8-9H2,1-2H3/t11-/m0/s1. The van der Waals surface area contributed by atoms with E-state index in [4.69, 9.17) is 4.74 Å². The first-order valence-corrected chi connectivity index (χ1v) is 5.96. The maximum atomic E-state index is 11.5. The van der Waals surface area contributed by atoms with Crippen molar-refractivity contribution in [3.05, 3.63) is 18.0 Å². The van der Waals surface area contributed by atoms with Crippen LogP contribution in [0.5, 0.6) is 0 Å². The van der Waals surface area contributed by atoms with E-state index in [1.54, 1.807) is 4.68 Å². The van der Waals surface area contributed by atoms with Crippen LogP contribution in [0.4, 0.5) is 0 Å². The molecular weight excluding hydrogens is 218 g/mol. The van der Waals surface area contributed by atoms with Crippen molar-refractivity contribution in [1.82, 2.24) is 14.7 Å². The number of hydrogen-bond donors (Lipinski definition) is 0. The Morgan fingerprint density at radius 1 is 1.65 bits per heavy atom. The van der Waals surface area contributed by atoms with Gasteiger partial charge in [-0.25, -0.2) is 0 Å². The van der Waals surface area contributed by atoms with E-state index in [2.05, 4.69) is 10.00 Å². The van der Waals surface area contributed by atoms with E-state index in [9.17, 15) is 4.79 Å². The van der Waals surface area contributed by atoms with Crippen molar-refractivity contribution in [2.75, 3.05) is 20.2 Å². The third-order valence-electron chi connectivity index (χ3n) is 3.20. The first-order chi connectivity index (χ1) is 8.19. The summed E-state index contributed by atoms with van der Waals surface area (Å²) in [6.07, 6.45) is 5.89. The minimum atomic E-state index is -0.0825. The lowest BCUT2D eigenvalue weighted by Crippen LogP contribution is -2.38. The smallest absolute Gasteiger partial charge is 0.309 e. The lowest BCUT2D eigenvalue weighted by molar-refractivity contribution is -0.147. The number of esters is 1. The van der Waals surface area contributed by atoms with Crippen LogP contribution in [0.2, 0.25) is 0 Å². The van der Waals surface area contributed by atoms with Crippen molar-refractivity contribution in [2.45, 2.75) is 19.4 Å². The van der Waals surface area contributed by atoms with E-state index in [1.165, 1.54) is 12.7 Å². The predicted octanol–water partition coefficient (Wildman–Crippen LogP) is 0.805. The number of carbonyl (C=O) groups excluding carboxylic acids is 1. The average Bonchev–Trinajstić information content (AvgIpc) is 2.74. The Bertz CT molecular complexity index is 389. The monoisotopic (exact) mass is 237 g/mol. The Kier molecular flexibility index (Phi) is 3.78. The summed E-state index contributed by atoms with van der Waals surface area (Å²) in [4.78, 5) is 13.8. The summed E-state index contributed by atoms with van der Waals surface area (Å²) in [6.45, 7) is 2.70. The molecule has 0 aliphatic carbocycles. The summed E-state index contributed by atoms with van der Waals surface area (Å²) in [5, 5.41) is 4.15. The van der Waals surface area contributed by atoms with Gasteiger partial charge < -0.3 is 4.74 Å².